The highest BCUT2D eigenvalue weighted by atomic mass is 32.2. The molecule has 0 unspecified atom stereocenters. The van der Waals surface area contributed by atoms with Crippen LogP contribution in [0.2, 0.25) is 0 Å². The molecule has 3 rings (SSSR count). The van der Waals surface area contributed by atoms with Crippen LogP contribution in [0.1, 0.15) is 35.3 Å². The van der Waals surface area contributed by atoms with Crippen molar-refractivity contribution in [3.8, 4) is 0 Å². The fourth-order valence-electron chi connectivity index (χ4n) is 3.06. The highest BCUT2D eigenvalue weighted by molar-refractivity contribution is 7.89. The smallest absolute Gasteiger partial charge is 0.251 e. The fraction of sp³-hybridized carbons (Fsp3) is 0.208. The van der Waals surface area contributed by atoms with E-state index in [4.69, 9.17) is 0 Å². The van der Waals surface area contributed by atoms with E-state index in [0.717, 1.165) is 11.1 Å². The van der Waals surface area contributed by atoms with Crippen molar-refractivity contribution in [1.29, 1.82) is 0 Å². The lowest BCUT2D eigenvalue weighted by molar-refractivity contribution is 0.0945. The highest BCUT2D eigenvalue weighted by Crippen LogP contribution is 2.22. The zero-order chi connectivity index (χ0) is 21.6. The molecule has 0 saturated carbocycles. The summed E-state index contributed by atoms with van der Waals surface area (Å²) in [4.78, 5) is 12.7. The minimum Gasteiger partial charge on any atom is -0.351 e. The summed E-state index contributed by atoms with van der Waals surface area (Å²) in [5.74, 6) is -0.306. The second-order valence-electron chi connectivity index (χ2n) is 7.77. The van der Waals surface area contributed by atoms with Crippen LogP contribution in [0, 0.1) is 0 Å². The minimum atomic E-state index is -3.73. The molecular formula is C24H26N2O3S. The van der Waals surface area contributed by atoms with E-state index in [1.807, 2.05) is 60.7 Å². The monoisotopic (exact) mass is 422 g/mol. The maximum atomic E-state index is 12.7. The number of hydrogen-bond acceptors (Lipinski definition) is 3. The first-order valence-corrected chi connectivity index (χ1v) is 11.2. The first-order valence-electron chi connectivity index (χ1n) is 9.75. The predicted molar refractivity (Wildman–Crippen MR) is 119 cm³/mol. The van der Waals surface area contributed by atoms with Gasteiger partial charge in [0.1, 0.15) is 0 Å². The van der Waals surface area contributed by atoms with Crippen molar-refractivity contribution >= 4 is 15.9 Å². The molecule has 0 atom stereocenters. The number of benzene rings is 3. The Bertz CT molecular complexity index is 1100. The molecule has 0 spiro atoms. The van der Waals surface area contributed by atoms with Crippen LogP contribution < -0.4 is 10.0 Å². The molecule has 2 N–H and O–H groups in total. The van der Waals surface area contributed by atoms with Gasteiger partial charge in [0.05, 0.1) is 4.90 Å². The lowest BCUT2D eigenvalue weighted by Gasteiger charge is -2.25. The molecular weight excluding hydrogens is 396 g/mol. The van der Waals surface area contributed by atoms with E-state index >= 15 is 0 Å². The van der Waals surface area contributed by atoms with Gasteiger partial charge in [-0.1, -0.05) is 80.6 Å². The zero-order valence-corrected chi connectivity index (χ0v) is 17.9. The minimum absolute atomic E-state index is 0.0633. The van der Waals surface area contributed by atoms with E-state index in [-0.39, 0.29) is 22.8 Å². The molecule has 0 aromatic heterocycles. The SMILES string of the molecule is CC(C)(CNC(=O)c1cccc(S(=O)(=O)NCc2ccccc2)c1)c1ccccc1. The Morgan fingerprint density at radius 3 is 2.17 bits per heavy atom. The third-order valence-electron chi connectivity index (χ3n) is 4.96. The first kappa shape index (κ1) is 21.7. The Morgan fingerprint density at radius 1 is 0.867 bits per heavy atom. The van der Waals surface area contributed by atoms with Crippen molar-refractivity contribution < 1.29 is 13.2 Å². The van der Waals surface area contributed by atoms with Crippen molar-refractivity contribution in [3.63, 3.8) is 0 Å². The van der Waals surface area contributed by atoms with Crippen molar-refractivity contribution in [2.24, 2.45) is 0 Å². The zero-order valence-electron chi connectivity index (χ0n) is 17.1. The van der Waals surface area contributed by atoms with Gasteiger partial charge in [-0.15, -0.1) is 0 Å². The number of sulfonamides is 1. The third-order valence-corrected chi connectivity index (χ3v) is 6.36. The molecule has 0 bridgehead atoms. The van der Waals surface area contributed by atoms with Crippen LogP contribution in [0.15, 0.2) is 89.8 Å². The average Bonchev–Trinajstić information content (AvgIpc) is 2.77. The van der Waals surface area contributed by atoms with E-state index < -0.39 is 10.0 Å². The van der Waals surface area contributed by atoms with Crippen LogP contribution in [0.3, 0.4) is 0 Å². The molecule has 1 amide bonds. The summed E-state index contributed by atoms with van der Waals surface area (Å²) in [6.07, 6.45) is 0. The summed E-state index contributed by atoms with van der Waals surface area (Å²) >= 11 is 0. The Balaban J connectivity index is 1.67. The van der Waals surface area contributed by atoms with Gasteiger partial charge in [0.15, 0.2) is 0 Å². The van der Waals surface area contributed by atoms with Gasteiger partial charge < -0.3 is 5.32 Å². The summed E-state index contributed by atoms with van der Waals surface area (Å²) in [5, 5.41) is 2.92. The van der Waals surface area contributed by atoms with Gasteiger partial charge in [-0.3, -0.25) is 4.79 Å². The van der Waals surface area contributed by atoms with E-state index in [9.17, 15) is 13.2 Å². The summed E-state index contributed by atoms with van der Waals surface area (Å²) in [5.41, 5.74) is 2.03. The summed E-state index contributed by atoms with van der Waals surface area (Å²) in [6.45, 7) is 4.72. The molecule has 0 aliphatic heterocycles. The maximum absolute atomic E-state index is 12.7. The quantitative estimate of drug-likeness (QED) is 0.579. The topological polar surface area (TPSA) is 75.3 Å². The van der Waals surface area contributed by atoms with Crippen molar-refractivity contribution in [3.05, 3.63) is 102 Å². The highest BCUT2D eigenvalue weighted by Gasteiger charge is 2.22. The fourth-order valence-corrected chi connectivity index (χ4v) is 4.12. The molecule has 0 saturated heterocycles. The number of nitrogens with one attached hydrogen (secondary N) is 2. The molecule has 3 aromatic carbocycles. The Labute approximate surface area is 178 Å². The van der Waals surface area contributed by atoms with Gasteiger partial charge in [-0.05, 0) is 29.3 Å². The molecule has 0 fully saturated rings. The van der Waals surface area contributed by atoms with Gasteiger partial charge in [-0.2, -0.15) is 0 Å². The maximum Gasteiger partial charge on any atom is 0.251 e. The van der Waals surface area contributed by atoms with E-state index in [2.05, 4.69) is 23.9 Å². The standard InChI is InChI=1S/C24H26N2O3S/c1-24(2,21-13-7-4-8-14-21)18-25-23(27)20-12-9-15-22(16-20)30(28,29)26-17-19-10-5-3-6-11-19/h3-16,26H,17-18H2,1-2H3,(H,25,27). The molecule has 5 nitrogen and oxygen atoms in total. The second-order valence-corrected chi connectivity index (χ2v) is 9.54. The molecule has 0 heterocycles. The average molecular weight is 423 g/mol. The molecule has 0 radical (unpaired) electrons. The number of hydrogen-bond donors (Lipinski definition) is 2. The van der Waals surface area contributed by atoms with Crippen LogP contribution in [-0.4, -0.2) is 20.9 Å². The summed E-state index contributed by atoms with van der Waals surface area (Å²) in [6, 6.07) is 25.3. The Morgan fingerprint density at radius 2 is 1.50 bits per heavy atom. The van der Waals surface area contributed by atoms with Gasteiger partial charge in [0.25, 0.3) is 5.91 Å². The van der Waals surface area contributed by atoms with E-state index in [1.54, 1.807) is 12.1 Å². The van der Waals surface area contributed by atoms with Crippen LogP contribution in [0.4, 0.5) is 0 Å². The lowest BCUT2D eigenvalue weighted by Crippen LogP contribution is -2.36. The van der Waals surface area contributed by atoms with Gasteiger partial charge in [-0.25, -0.2) is 13.1 Å². The van der Waals surface area contributed by atoms with Gasteiger partial charge in [0.2, 0.25) is 10.0 Å². The third kappa shape index (κ3) is 5.55. The second kappa shape index (κ2) is 9.24. The molecule has 0 aliphatic rings. The van der Waals surface area contributed by atoms with E-state index in [0.29, 0.717) is 12.1 Å². The van der Waals surface area contributed by atoms with Crippen LogP contribution in [0.5, 0.6) is 0 Å². The molecule has 6 heteroatoms. The van der Waals surface area contributed by atoms with Crippen LogP contribution >= 0.6 is 0 Å². The normalized spacial score (nSPS) is 11.8. The number of amides is 1. The lowest BCUT2D eigenvalue weighted by atomic mass is 9.84. The van der Waals surface area contributed by atoms with E-state index in [1.165, 1.54) is 12.1 Å². The largest absolute Gasteiger partial charge is 0.351 e. The molecule has 0 aliphatic carbocycles. The Hall–Kier alpha value is -2.96. The number of rotatable bonds is 8. The van der Waals surface area contributed by atoms with Gasteiger partial charge >= 0.3 is 0 Å². The Kier molecular flexibility index (Phi) is 6.70. The van der Waals surface area contributed by atoms with Gasteiger partial charge in [0, 0.05) is 24.1 Å². The number of carbonyl (C=O) groups excluding carboxylic acids is 1. The summed E-state index contributed by atoms with van der Waals surface area (Å²) in [7, 11) is -3.73. The molecule has 30 heavy (non-hydrogen) atoms. The van der Waals surface area contributed by atoms with Crippen molar-refractivity contribution in [2.45, 2.75) is 30.7 Å². The molecule has 156 valence electrons. The van der Waals surface area contributed by atoms with Crippen LogP contribution in [0.25, 0.3) is 0 Å². The van der Waals surface area contributed by atoms with Crippen molar-refractivity contribution in [2.75, 3.05) is 6.54 Å². The number of carbonyl (C=O) groups is 1. The first-order chi connectivity index (χ1) is 14.3. The summed E-state index contributed by atoms with van der Waals surface area (Å²) < 4.78 is 27.9. The predicted octanol–water partition coefficient (Wildman–Crippen LogP) is 3.87. The van der Waals surface area contributed by atoms with Crippen LogP contribution in [-0.2, 0) is 22.0 Å². The van der Waals surface area contributed by atoms with Crippen molar-refractivity contribution in [1.82, 2.24) is 10.0 Å². The molecule has 3 aromatic rings.